The first-order chi connectivity index (χ1) is 18.5. The van der Waals surface area contributed by atoms with Gasteiger partial charge in [0.25, 0.3) is 0 Å². The third-order valence-corrected chi connectivity index (χ3v) is 6.94. The van der Waals surface area contributed by atoms with Gasteiger partial charge in [0.15, 0.2) is 0 Å². The molecule has 204 valence electrons. The van der Waals surface area contributed by atoms with Crippen molar-refractivity contribution in [2.45, 2.75) is 51.5 Å². The van der Waals surface area contributed by atoms with E-state index in [2.05, 4.69) is 16.3 Å². The number of amides is 2. The molecule has 0 aliphatic carbocycles. The fourth-order valence-electron chi connectivity index (χ4n) is 4.90. The molecule has 1 saturated heterocycles. The highest BCUT2D eigenvalue weighted by Gasteiger charge is 2.30. The molecule has 2 amide bonds. The second-order valence-electron chi connectivity index (χ2n) is 9.55. The number of carbonyl (C=O) groups excluding carboxylic acids is 3. The number of hydrogen-bond acceptors (Lipinski definition) is 7. The van der Waals surface area contributed by atoms with E-state index in [1.165, 1.54) is 5.56 Å². The topological polar surface area (TPSA) is 97.4 Å². The molecule has 2 aromatic rings. The van der Waals surface area contributed by atoms with Gasteiger partial charge in [-0.3, -0.25) is 14.5 Å². The average Bonchev–Trinajstić information content (AvgIpc) is 2.95. The van der Waals surface area contributed by atoms with Crippen LogP contribution in [0.15, 0.2) is 54.6 Å². The Kier molecular flexibility index (Phi) is 10.1. The highest BCUT2D eigenvalue weighted by atomic mass is 16.6. The van der Waals surface area contributed by atoms with Gasteiger partial charge in [-0.2, -0.15) is 0 Å². The summed E-state index contributed by atoms with van der Waals surface area (Å²) < 4.78 is 16.4. The predicted octanol–water partition coefficient (Wildman–Crippen LogP) is 3.43. The van der Waals surface area contributed by atoms with E-state index in [1.54, 1.807) is 11.8 Å². The Morgan fingerprint density at radius 2 is 1.68 bits per heavy atom. The number of rotatable bonds is 10. The smallest absolute Gasteiger partial charge is 0.410 e. The molecular formula is C29H37N3O6. The quantitative estimate of drug-likeness (QED) is 0.477. The molecule has 1 N–H and O–H groups in total. The van der Waals surface area contributed by atoms with Gasteiger partial charge in [0.05, 0.1) is 19.1 Å². The van der Waals surface area contributed by atoms with Gasteiger partial charge in [-0.25, -0.2) is 4.79 Å². The van der Waals surface area contributed by atoms with Crippen LogP contribution in [0.4, 0.5) is 4.79 Å². The molecule has 0 aromatic heterocycles. The maximum Gasteiger partial charge on any atom is 0.410 e. The monoisotopic (exact) mass is 523 g/mol. The van der Waals surface area contributed by atoms with Crippen molar-refractivity contribution in [3.8, 4) is 0 Å². The Bertz CT molecular complexity index is 1070. The fourth-order valence-corrected chi connectivity index (χ4v) is 4.90. The molecule has 1 fully saturated rings. The van der Waals surface area contributed by atoms with Crippen molar-refractivity contribution >= 4 is 18.0 Å². The Morgan fingerprint density at radius 1 is 0.947 bits per heavy atom. The summed E-state index contributed by atoms with van der Waals surface area (Å²) in [5.41, 5.74) is 3.18. The molecule has 2 aromatic carbocycles. The zero-order chi connectivity index (χ0) is 26.7. The summed E-state index contributed by atoms with van der Waals surface area (Å²) in [6, 6.07) is 17.6. The lowest BCUT2D eigenvalue weighted by Gasteiger charge is -2.37. The normalized spacial score (nSPS) is 17.9. The van der Waals surface area contributed by atoms with Crippen molar-refractivity contribution < 1.29 is 28.6 Å². The molecule has 1 atom stereocenters. The summed E-state index contributed by atoms with van der Waals surface area (Å²) in [5, 5.41) is 3.11. The first-order valence-corrected chi connectivity index (χ1v) is 13.4. The molecule has 2 heterocycles. The molecule has 4 rings (SSSR count). The number of piperidine rings is 1. The molecule has 38 heavy (non-hydrogen) atoms. The summed E-state index contributed by atoms with van der Waals surface area (Å²) in [4.78, 5) is 41.0. The van der Waals surface area contributed by atoms with Crippen molar-refractivity contribution in [2.24, 2.45) is 0 Å². The number of hydrogen-bond donors (Lipinski definition) is 1. The van der Waals surface area contributed by atoms with E-state index in [1.807, 2.05) is 48.5 Å². The molecule has 0 saturated carbocycles. The van der Waals surface area contributed by atoms with Crippen LogP contribution in [0, 0.1) is 0 Å². The lowest BCUT2D eigenvalue weighted by atomic mass is 9.96. The summed E-state index contributed by atoms with van der Waals surface area (Å²) in [7, 11) is 0. The van der Waals surface area contributed by atoms with Crippen LogP contribution in [0.3, 0.4) is 0 Å². The van der Waals surface area contributed by atoms with Gasteiger partial charge in [-0.15, -0.1) is 0 Å². The second-order valence-corrected chi connectivity index (χ2v) is 9.55. The standard InChI is InChI=1S/C29H37N3O6/c1-2-36-27(34)15-19-31-16-12-23-10-6-7-11-25(23)28(31)30-26(33)21-37-24-13-17-32(18-14-24)29(35)38-20-22-8-4-3-5-9-22/h3-11,24,28H,2,12-21H2,1H3,(H,30,33). The lowest BCUT2D eigenvalue weighted by molar-refractivity contribution is -0.143. The van der Waals surface area contributed by atoms with Gasteiger partial charge < -0.3 is 24.4 Å². The van der Waals surface area contributed by atoms with Gasteiger partial charge in [0, 0.05) is 26.2 Å². The van der Waals surface area contributed by atoms with Gasteiger partial charge in [0.2, 0.25) is 5.91 Å². The predicted molar refractivity (Wildman–Crippen MR) is 141 cm³/mol. The maximum absolute atomic E-state index is 12.9. The molecule has 0 spiro atoms. The van der Waals surface area contributed by atoms with Crippen LogP contribution in [0.1, 0.15) is 49.0 Å². The Balaban J connectivity index is 1.23. The maximum atomic E-state index is 12.9. The minimum Gasteiger partial charge on any atom is -0.466 e. The van der Waals surface area contributed by atoms with Crippen molar-refractivity contribution in [2.75, 3.05) is 39.4 Å². The zero-order valence-electron chi connectivity index (χ0n) is 22.0. The molecule has 0 radical (unpaired) electrons. The van der Waals surface area contributed by atoms with E-state index < -0.39 is 0 Å². The fraction of sp³-hybridized carbons (Fsp3) is 0.483. The number of benzene rings is 2. The number of nitrogens with zero attached hydrogens (tertiary/aromatic N) is 2. The molecule has 1 unspecified atom stereocenters. The summed E-state index contributed by atoms with van der Waals surface area (Å²) in [6.45, 7) is 4.62. The van der Waals surface area contributed by atoms with Gasteiger partial charge in [-0.05, 0) is 42.9 Å². The third-order valence-electron chi connectivity index (χ3n) is 6.94. The van der Waals surface area contributed by atoms with Gasteiger partial charge in [0.1, 0.15) is 19.4 Å². The van der Waals surface area contributed by atoms with Gasteiger partial charge in [-0.1, -0.05) is 54.6 Å². The van der Waals surface area contributed by atoms with E-state index in [9.17, 15) is 14.4 Å². The number of esters is 1. The van der Waals surface area contributed by atoms with Crippen molar-refractivity contribution in [1.82, 2.24) is 15.1 Å². The summed E-state index contributed by atoms with van der Waals surface area (Å²) in [5.74, 6) is -0.451. The number of fused-ring (bicyclic) bond motifs is 1. The number of nitrogens with one attached hydrogen (secondary N) is 1. The SMILES string of the molecule is CCOC(=O)CCN1CCc2ccccc2C1NC(=O)COC1CCN(C(=O)OCc2ccccc2)CC1. The van der Waals surface area contributed by atoms with Crippen LogP contribution in [0.5, 0.6) is 0 Å². The van der Waals surface area contributed by atoms with Gasteiger partial charge >= 0.3 is 12.1 Å². The van der Waals surface area contributed by atoms with E-state index in [4.69, 9.17) is 14.2 Å². The molecule has 0 bridgehead atoms. The number of ether oxygens (including phenoxy) is 3. The van der Waals surface area contributed by atoms with Crippen molar-refractivity contribution in [1.29, 1.82) is 0 Å². The third kappa shape index (κ3) is 7.79. The van der Waals surface area contributed by atoms with E-state index in [0.717, 1.165) is 24.1 Å². The zero-order valence-corrected chi connectivity index (χ0v) is 22.0. The summed E-state index contributed by atoms with van der Waals surface area (Å²) in [6.07, 6.45) is 1.66. The van der Waals surface area contributed by atoms with E-state index >= 15 is 0 Å². The Hall–Kier alpha value is -3.43. The highest BCUT2D eigenvalue weighted by molar-refractivity contribution is 5.77. The summed E-state index contributed by atoms with van der Waals surface area (Å²) >= 11 is 0. The number of carbonyl (C=O) groups is 3. The molecule has 2 aliphatic rings. The van der Waals surface area contributed by atoms with Crippen molar-refractivity contribution in [3.63, 3.8) is 0 Å². The molecular weight excluding hydrogens is 486 g/mol. The van der Waals surface area contributed by atoms with Crippen LogP contribution in [0.25, 0.3) is 0 Å². The minimum atomic E-state index is -0.330. The van der Waals surface area contributed by atoms with Crippen LogP contribution in [0.2, 0.25) is 0 Å². The van der Waals surface area contributed by atoms with Crippen LogP contribution in [-0.2, 0) is 36.8 Å². The van der Waals surface area contributed by atoms with Crippen LogP contribution < -0.4 is 5.32 Å². The minimum absolute atomic E-state index is 0.0620. The first-order valence-electron chi connectivity index (χ1n) is 13.4. The van der Waals surface area contributed by atoms with Crippen LogP contribution >= 0.6 is 0 Å². The highest BCUT2D eigenvalue weighted by Crippen LogP contribution is 2.28. The molecule has 9 nitrogen and oxygen atoms in total. The average molecular weight is 524 g/mol. The molecule has 9 heteroatoms. The Morgan fingerprint density at radius 3 is 2.45 bits per heavy atom. The van der Waals surface area contributed by atoms with Crippen LogP contribution in [-0.4, -0.2) is 73.3 Å². The van der Waals surface area contributed by atoms with E-state index in [-0.39, 0.29) is 49.9 Å². The largest absolute Gasteiger partial charge is 0.466 e. The van der Waals surface area contributed by atoms with Crippen molar-refractivity contribution in [3.05, 3.63) is 71.3 Å². The lowest BCUT2D eigenvalue weighted by Crippen LogP contribution is -2.47. The van der Waals surface area contributed by atoms with E-state index in [0.29, 0.717) is 39.1 Å². The molecule has 2 aliphatic heterocycles. The number of likely N-dealkylation sites (tertiary alicyclic amines) is 1. The second kappa shape index (κ2) is 13.9. The first kappa shape index (κ1) is 27.6. The Labute approximate surface area is 224 Å².